The number of methoxy groups -OCH3 is 1. The lowest BCUT2D eigenvalue weighted by Crippen LogP contribution is -2.50. The van der Waals surface area contributed by atoms with Gasteiger partial charge in [-0.1, -0.05) is 12.1 Å². The second-order valence-corrected chi connectivity index (χ2v) is 8.31. The number of benzene rings is 2. The lowest BCUT2D eigenvalue weighted by atomic mass is 10.1. The molecule has 28 heavy (non-hydrogen) atoms. The predicted molar refractivity (Wildman–Crippen MR) is 98.8 cm³/mol. The molecule has 1 aliphatic heterocycles. The Hall–Kier alpha value is -2.52. The Kier molecular flexibility index (Phi) is 5.66. The van der Waals surface area contributed by atoms with Crippen LogP contribution in [0.2, 0.25) is 0 Å². The zero-order chi connectivity index (χ0) is 20.5. The lowest BCUT2D eigenvalue weighted by molar-refractivity contribution is 0.0697. The fraction of sp³-hybridized carbons (Fsp3) is 0.316. The molecule has 1 fully saturated rings. The molecule has 1 aliphatic rings. The number of piperazine rings is 1. The molecular formula is C19H20F2N2O4S. The van der Waals surface area contributed by atoms with E-state index < -0.39 is 26.6 Å². The third-order valence-electron chi connectivity index (χ3n) is 4.70. The molecule has 0 aliphatic carbocycles. The van der Waals surface area contributed by atoms with Crippen molar-refractivity contribution in [3.8, 4) is 5.75 Å². The average Bonchev–Trinajstić information content (AvgIpc) is 2.67. The van der Waals surface area contributed by atoms with Crippen LogP contribution in [0.25, 0.3) is 0 Å². The molecule has 9 heteroatoms. The Labute approximate surface area is 162 Å². The van der Waals surface area contributed by atoms with Crippen molar-refractivity contribution in [1.82, 2.24) is 9.21 Å². The summed E-state index contributed by atoms with van der Waals surface area (Å²) < 4.78 is 59.3. The van der Waals surface area contributed by atoms with Gasteiger partial charge < -0.3 is 9.64 Å². The summed E-state index contributed by atoms with van der Waals surface area (Å²) in [7, 11) is -2.81. The maximum absolute atomic E-state index is 13.9. The van der Waals surface area contributed by atoms with Gasteiger partial charge in [-0.15, -0.1) is 0 Å². The monoisotopic (exact) mass is 410 g/mol. The van der Waals surface area contributed by atoms with Crippen LogP contribution in [0.4, 0.5) is 8.78 Å². The number of aryl methyl sites for hydroxylation is 1. The molecule has 2 aromatic carbocycles. The minimum absolute atomic E-state index is 0.0508. The molecular weight excluding hydrogens is 390 g/mol. The van der Waals surface area contributed by atoms with E-state index in [1.54, 1.807) is 18.2 Å². The first kappa shape index (κ1) is 20.2. The topological polar surface area (TPSA) is 66.9 Å². The number of hydrogen-bond donors (Lipinski definition) is 0. The van der Waals surface area contributed by atoms with Gasteiger partial charge in [0.05, 0.1) is 7.11 Å². The number of carbonyl (C=O) groups excluding carboxylic acids is 1. The average molecular weight is 410 g/mol. The zero-order valence-corrected chi connectivity index (χ0v) is 16.3. The van der Waals surface area contributed by atoms with Crippen LogP contribution < -0.4 is 4.74 Å². The van der Waals surface area contributed by atoms with E-state index in [0.29, 0.717) is 11.3 Å². The third-order valence-corrected chi connectivity index (χ3v) is 6.65. The standard InChI is InChI=1S/C19H20F2N2O4S/c1-13-6-7-14(12-17(13)27-2)19(24)22-8-10-23(11-9-22)28(25,26)18-15(20)4-3-5-16(18)21/h3-7,12H,8-11H2,1-2H3. The molecule has 2 aromatic rings. The van der Waals surface area contributed by atoms with Crippen LogP contribution in [-0.4, -0.2) is 56.8 Å². The van der Waals surface area contributed by atoms with Crippen molar-refractivity contribution in [3.63, 3.8) is 0 Å². The van der Waals surface area contributed by atoms with Gasteiger partial charge in [0.2, 0.25) is 10.0 Å². The Morgan fingerprint density at radius 2 is 1.64 bits per heavy atom. The van der Waals surface area contributed by atoms with E-state index in [-0.39, 0.29) is 32.1 Å². The first-order chi connectivity index (χ1) is 13.3. The van der Waals surface area contributed by atoms with Crippen LogP contribution in [0, 0.1) is 18.6 Å². The molecule has 1 heterocycles. The van der Waals surface area contributed by atoms with Crippen molar-refractivity contribution >= 4 is 15.9 Å². The fourth-order valence-corrected chi connectivity index (χ4v) is 4.66. The van der Waals surface area contributed by atoms with Crippen molar-refractivity contribution in [1.29, 1.82) is 0 Å². The van der Waals surface area contributed by atoms with E-state index in [9.17, 15) is 22.0 Å². The summed E-state index contributed by atoms with van der Waals surface area (Å²) in [5, 5.41) is 0. The molecule has 0 saturated carbocycles. The Balaban J connectivity index is 1.75. The van der Waals surface area contributed by atoms with Crippen molar-refractivity contribution < 1.29 is 26.7 Å². The highest BCUT2D eigenvalue weighted by atomic mass is 32.2. The van der Waals surface area contributed by atoms with Crippen LogP contribution in [0.5, 0.6) is 5.75 Å². The van der Waals surface area contributed by atoms with Gasteiger partial charge in [-0.2, -0.15) is 4.31 Å². The van der Waals surface area contributed by atoms with Gasteiger partial charge in [-0.25, -0.2) is 17.2 Å². The van der Waals surface area contributed by atoms with E-state index in [4.69, 9.17) is 4.74 Å². The molecule has 3 rings (SSSR count). The number of hydrogen-bond acceptors (Lipinski definition) is 4. The smallest absolute Gasteiger partial charge is 0.254 e. The summed E-state index contributed by atoms with van der Waals surface area (Å²) in [6, 6.07) is 8.00. The van der Waals surface area contributed by atoms with E-state index in [2.05, 4.69) is 0 Å². The highest BCUT2D eigenvalue weighted by Crippen LogP contribution is 2.25. The molecule has 6 nitrogen and oxygen atoms in total. The largest absolute Gasteiger partial charge is 0.496 e. The highest BCUT2D eigenvalue weighted by Gasteiger charge is 2.34. The third kappa shape index (κ3) is 3.72. The molecule has 150 valence electrons. The number of nitrogens with zero attached hydrogens (tertiary/aromatic N) is 2. The Bertz CT molecular complexity index is 983. The summed E-state index contributed by atoms with van der Waals surface area (Å²) in [5.41, 5.74) is 1.32. The first-order valence-corrected chi connectivity index (χ1v) is 10.1. The number of halogens is 2. The van der Waals surface area contributed by atoms with Crippen molar-refractivity contribution in [3.05, 3.63) is 59.2 Å². The van der Waals surface area contributed by atoms with Gasteiger partial charge in [-0.05, 0) is 36.8 Å². The molecule has 0 aromatic heterocycles. The van der Waals surface area contributed by atoms with Gasteiger partial charge in [0.15, 0.2) is 4.90 Å². The van der Waals surface area contributed by atoms with Gasteiger partial charge >= 0.3 is 0 Å². The number of sulfonamides is 1. The van der Waals surface area contributed by atoms with Crippen LogP contribution >= 0.6 is 0 Å². The number of amides is 1. The maximum atomic E-state index is 13.9. The van der Waals surface area contributed by atoms with E-state index in [1.807, 2.05) is 6.92 Å². The summed E-state index contributed by atoms with van der Waals surface area (Å²) in [5.74, 6) is -1.94. The lowest BCUT2D eigenvalue weighted by Gasteiger charge is -2.34. The summed E-state index contributed by atoms with van der Waals surface area (Å²) >= 11 is 0. The molecule has 0 spiro atoms. The zero-order valence-electron chi connectivity index (χ0n) is 15.5. The normalized spacial score (nSPS) is 15.5. The first-order valence-electron chi connectivity index (χ1n) is 8.64. The summed E-state index contributed by atoms with van der Waals surface area (Å²) in [6.07, 6.45) is 0. The predicted octanol–water partition coefficient (Wildman–Crippen LogP) is 2.43. The molecule has 0 radical (unpaired) electrons. The van der Waals surface area contributed by atoms with Crippen LogP contribution in [0.1, 0.15) is 15.9 Å². The van der Waals surface area contributed by atoms with Crippen molar-refractivity contribution in [2.24, 2.45) is 0 Å². The summed E-state index contributed by atoms with van der Waals surface area (Å²) in [6.45, 7) is 1.99. The molecule has 0 N–H and O–H groups in total. The molecule has 1 saturated heterocycles. The van der Waals surface area contributed by atoms with Crippen LogP contribution in [-0.2, 0) is 10.0 Å². The Morgan fingerprint density at radius 3 is 2.21 bits per heavy atom. The van der Waals surface area contributed by atoms with E-state index in [1.165, 1.54) is 12.0 Å². The molecule has 1 amide bonds. The van der Waals surface area contributed by atoms with E-state index in [0.717, 1.165) is 28.1 Å². The van der Waals surface area contributed by atoms with Gasteiger partial charge in [0, 0.05) is 31.7 Å². The van der Waals surface area contributed by atoms with E-state index >= 15 is 0 Å². The second-order valence-electron chi connectivity index (χ2n) is 6.43. The number of ether oxygens (including phenoxy) is 1. The van der Waals surface area contributed by atoms with Gasteiger partial charge in [0.25, 0.3) is 5.91 Å². The minimum atomic E-state index is -4.33. The SMILES string of the molecule is COc1cc(C(=O)N2CCN(S(=O)(=O)c3c(F)cccc3F)CC2)ccc1C. The number of rotatable bonds is 4. The minimum Gasteiger partial charge on any atom is -0.496 e. The second kappa shape index (κ2) is 7.84. The number of carbonyl (C=O) groups is 1. The van der Waals surface area contributed by atoms with Crippen molar-refractivity contribution in [2.75, 3.05) is 33.3 Å². The van der Waals surface area contributed by atoms with Crippen molar-refractivity contribution in [2.45, 2.75) is 11.8 Å². The highest BCUT2D eigenvalue weighted by molar-refractivity contribution is 7.89. The summed E-state index contributed by atoms with van der Waals surface area (Å²) in [4.78, 5) is 13.2. The fourth-order valence-electron chi connectivity index (χ4n) is 3.13. The Morgan fingerprint density at radius 1 is 1.04 bits per heavy atom. The van der Waals surface area contributed by atoms with Crippen LogP contribution in [0.15, 0.2) is 41.3 Å². The quantitative estimate of drug-likeness (QED) is 0.777. The molecule has 0 atom stereocenters. The van der Waals surface area contributed by atoms with Gasteiger partial charge in [-0.3, -0.25) is 4.79 Å². The molecule has 0 unspecified atom stereocenters. The maximum Gasteiger partial charge on any atom is 0.254 e. The molecule has 0 bridgehead atoms. The van der Waals surface area contributed by atoms with Gasteiger partial charge in [0.1, 0.15) is 17.4 Å². The van der Waals surface area contributed by atoms with Crippen LogP contribution in [0.3, 0.4) is 0 Å².